The number of aliphatic hydroxyl groups excluding tert-OH is 1. The molecule has 0 radical (unpaired) electrons. The summed E-state index contributed by atoms with van der Waals surface area (Å²) in [5, 5.41) is 12.7. The minimum atomic E-state index is -4.41. The number of phosphoric ester groups is 1. The van der Waals surface area contributed by atoms with Gasteiger partial charge in [0.05, 0.1) is 13.2 Å². The van der Waals surface area contributed by atoms with Crippen molar-refractivity contribution >= 4 is 19.7 Å². The van der Waals surface area contributed by atoms with Crippen LogP contribution in [0.4, 0.5) is 0 Å². The first-order chi connectivity index (χ1) is 24.8. The molecule has 3 N–H and O–H groups in total. The Hall–Kier alpha value is -1.77. The molecule has 51 heavy (non-hydrogen) atoms. The normalized spacial score (nSPS) is 13.7. The maximum Gasteiger partial charge on any atom is 0.472 e. The summed E-state index contributed by atoms with van der Waals surface area (Å²) < 4.78 is 26.8. The van der Waals surface area contributed by atoms with Gasteiger partial charge in [-0.15, -0.1) is 0 Å². The number of amides is 1. The van der Waals surface area contributed by atoms with Crippen LogP contribution in [0.2, 0.25) is 0 Å². The van der Waals surface area contributed by atoms with Crippen molar-refractivity contribution in [1.29, 1.82) is 0 Å². The lowest BCUT2D eigenvalue weighted by atomic mass is 10.0. The number of ether oxygens (including phenoxy) is 1. The Bertz CT molecular complexity index is 939. The Morgan fingerprint density at radius 3 is 1.69 bits per heavy atom. The second-order valence-electron chi connectivity index (χ2n) is 13.6. The van der Waals surface area contributed by atoms with Gasteiger partial charge in [0.15, 0.2) is 0 Å². The van der Waals surface area contributed by atoms with Crippen molar-refractivity contribution in [2.75, 3.05) is 26.4 Å². The van der Waals surface area contributed by atoms with Crippen molar-refractivity contribution < 1.29 is 37.9 Å². The molecule has 1 amide bonds. The van der Waals surface area contributed by atoms with Crippen molar-refractivity contribution in [2.45, 2.75) is 187 Å². The van der Waals surface area contributed by atoms with Gasteiger partial charge in [0.2, 0.25) is 5.91 Å². The number of carbonyl (C=O) groups is 2. The molecule has 0 spiro atoms. The summed E-state index contributed by atoms with van der Waals surface area (Å²) in [6.07, 6.45) is 40.7. The molecule has 0 aliphatic heterocycles. The summed E-state index contributed by atoms with van der Waals surface area (Å²) in [5.74, 6) is -0.525. The van der Waals surface area contributed by atoms with E-state index in [4.69, 9.17) is 13.8 Å². The van der Waals surface area contributed by atoms with Gasteiger partial charge in [-0.1, -0.05) is 159 Å². The lowest BCUT2D eigenvalue weighted by Gasteiger charge is -2.15. The Kier molecular flexibility index (Phi) is 36.7. The quantitative estimate of drug-likeness (QED) is 0.0247. The number of esters is 1. The lowest BCUT2D eigenvalue weighted by molar-refractivity contribution is -0.147. The number of nitrogens with one attached hydrogen (secondary N) is 1. The van der Waals surface area contributed by atoms with Gasteiger partial charge in [-0.2, -0.15) is 0 Å². The summed E-state index contributed by atoms with van der Waals surface area (Å²) in [5.41, 5.74) is 0. The van der Waals surface area contributed by atoms with Crippen LogP contribution in [0, 0.1) is 0 Å². The molecule has 0 saturated heterocycles. The van der Waals surface area contributed by atoms with Gasteiger partial charge >= 0.3 is 13.8 Å². The van der Waals surface area contributed by atoms with Crippen LogP contribution in [0.3, 0.4) is 0 Å². The van der Waals surface area contributed by atoms with Gasteiger partial charge in [0.25, 0.3) is 0 Å². The fraction of sp³-hybridized carbons (Fsp3) is 0.805. The Labute approximate surface area is 312 Å². The van der Waals surface area contributed by atoms with Crippen molar-refractivity contribution in [3.63, 3.8) is 0 Å². The van der Waals surface area contributed by atoms with Crippen molar-refractivity contribution in [1.82, 2.24) is 5.32 Å². The van der Waals surface area contributed by atoms with Gasteiger partial charge in [0, 0.05) is 19.4 Å². The highest BCUT2D eigenvalue weighted by molar-refractivity contribution is 7.47. The zero-order valence-corrected chi connectivity index (χ0v) is 33.4. The van der Waals surface area contributed by atoms with Crippen LogP contribution in [0.1, 0.15) is 181 Å². The third-order valence-electron chi connectivity index (χ3n) is 8.58. The highest BCUT2D eigenvalue weighted by atomic mass is 31.2. The highest BCUT2D eigenvalue weighted by Gasteiger charge is 2.23. The summed E-state index contributed by atoms with van der Waals surface area (Å²) in [4.78, 5) is 33.8. The van der Waals surface area contributed by atoms with E-state index in [1.165, 1.54) is 89.9 Å². The molecule has 0 fully saturated rings. The molecule has 298 valence electrons. The predicted molar refractivity (Wildman–Crippen MR) is 211 cm³/mol. The van der Waals surface area contributed by atoms with Crippen LogP contribution in [0.25, 0.3) is 0 Å². The first-order valence-electron chi connectivity index (χ1n) is 20.5. The van der Waals surface area contributed by atoms with E-state index in [9.17, 15) is 24.2 Å². The average molecular weight is 742 g/mol. The van der Waals surface area contributed by atoms with Gasteiger partial charge in [-0.05, 0) is 44.9 Å². The van der Waals surface area contributed by atoms with Crippen LogP contribution in [-0.2, 0) is 27.9 Å². The number of allylic oxidation sites excluding steroid dienone is 6. The largest absolute Gasteiger partial charge is 0.472 e. The molecule has 0 aromatic rings. The number of phosphoric acid groups is 1. The highest BCUT2D eigenvalue weighted by Crippen LogP contribution is 2.42. The first-order valence-corrected chi connectivity index (χ1v) is 22.0. The SMILES string of the molecule is CC/C=C\C/C=C\C/C=C\CCCCCCCCCC(=O)NCCOP(=O)(O)OCC(O)COC(=O)CCCCCCCCCCCCCCC. The zero-order chi connectivity index (χ0) is 37.5. The fourth-order valence-corrected chi connectivity index (χ4v) is 6.27. The topological polar surface area (TPSA) is 131 Å². The van der Waals surface area contributed by atoms with Crippen molar-refractivity contribution in [2.24, 2.45) is 0 Å². The molecule has 9 nitrogen and oxygen atoms in total. The molecule has 2 atom stereocenters. The van der Waals surface area contributed by atoms with Crippen LogP contribution >= 0.6 is 7.82 Å². The molecule has 0 saturated carbocycles. The van der Waals surface area contributed by atoms with Crippen LogP contribution in [-0.4, -0.2) is 54.3 Å². The number of rotatable bonds is 38. The van der Waals surface area contributed by atoms with E-state index in [1.807, 2.05) is 0 Å². The van der Waals surface area contributed by atoms with E-state index in [0.717, 1.165) is 64.2 Å². The van der Waals surface area contributed by atoms with Gasteiger partial charge in [-0.3, -0.25) is 18.6 Å². The number of unbranched alkanes of at least 4 members (excludes halogenated alkanes) is 19. The molecular weight excluding hydrogens is 665 g/mol. The second-order valence-corrected chi connectivity index (χ2v) is 15.0. The maximum absolute atomic E-state index is 12.1. The third-order valence-corrected chi connectivity index (χ3v) is 9.57. The number of aliphatic hydroxyl groups is 1. The van der Waals surface area contributed by atoms with E-state index >= 15 is 0 Å². The second kappa shape index (κ2) is 38.0. The molecule has 0 aliphatic rings. The van der Waals surface area contributed by atoms with Crippen molar-refractivity contribution in [3.8, 4) is 0 Å². The van der Waals surface area contributed by atoms with Gasteiger partial charge in [-0.25, -0.2) is 4.57 Å². The van der Waals surface area contributed by atoms with Crippen LogP contribution in [0.5, 0.6) is 0 Å². The van der Waals surface area contributed by atoms with E-state index < -0.39 is 26.5 Å². The maximum atomic E-state index is 12.1. The molecule has 2 unspecified atom stereocenters. The number of carbonyl (C=O) groups excluding carboxylic acids is 2. The summed E-state index contributed by atoms with van der Waals surface area (Å²) in [6, 6.07) is 0. The standard InChI is InChI=1S/C41H76NO8P/c1-3-5-7-9-11-13-15-17-18-19-20-22-23-25-27-29-31-33-40(44)42-35-36-49-51(46,47)50-38-39(43)37-48-41(45)34-32-30-28-26-24-21-16-14-12-10-8-6-4-2/h5,7,11,13,17-18,39,43H,3-4,6,8-10,12,14-16,19-38H2,1-2H3,(H,42,44)(H,46,47)/b7-5-,13-11-,18-17-. The number of hydrogen-bond donors (Lipinski definition) is 3. The fourth-order valence-electron chi connectivity index (χ4n) is 5.51. The molecular formula is C41H76NO8P. The Balaban J connectivity index is 3.61. The van der Waals surface area contributed by atoms with E-state index in [-0.39, 0.29) is 32.1 Å². The minimum absolute atomic E-state index is 0.0765. The molecule has 0 bridgehead atoms. The Morgan fingerprint density at radius 1 is 0.627 bits per heavy atom. The van der Waals surface area contributed by atoms with E-state index in [0.29, 0.717) is 6.42 Å². The average Bonchev–Trinajstić information content (AvgIpc) is 3.11. The summed E-state index contributed by atoms with van der Waals surface area (Å²) in [7, 11) is -4.41. The molecule has 0 aromatic heterocycles. The molecule has 0 heterocycles. The summed E-state index contributed by atoms with van der Waals surface area (Å²) in [6.45, 7) is 3.43. The first kappa shape index (κ1) is 49.2. The molecule has 0 rings (SSSR count). The van der Waals surface area contributed by atoms with Crippen LogP contribution < -0.4 is 5.32 Å². The third kappa shape index (κ3) is 39.3. The van der Waals surface area contributed by atoms with Crippen LogP contribution in [0.15, 0.2) is 36.5 Å². The molecule has 10 heteroatoms. The minimum Gasteiger partial charge on any atom is -0.463 e. The smallest absolute Gasteiger partial charge is 0.463 e. The summed E-state index contributed by atoms with van der Waals surface area (Å²) >= 11 is 0. The molecule has 0 aliphatic carbocycles. The lowest BCUT2D eigenvalue weighted by Crippen LogP contribution is -2.27. The predicted octanol–water partition coefficient (Wildman–Crippen LogP) is 11.0. The van der Waals surface area contributed by atoms with E-state index in [2.05, 4.69) is 55.6 Å². The number of hydrogen-bond acceptors (Lipinski definition) is 7. The van der Waals surface area contributed by atoms with Gasteiger partial charge in [0.1, 0.15) is 12.7 Å². The van der Waals surface area contributed by atoms with Gasteiger partial charge < -0.3 is 20.1 Å². The zero-order valence-electron chi connectivity index (χ0n) is 32.5. The van der Waals surface area contributed by atoms with E-state index in [1.54, 1.807) is 0 Å². The Morgan fingerprint density at radius 2 is 1.12 bits per heavy atom. The molecule has 0 aromatic carbocycles. The van der Waals surface area contributed by atoms with Crippen molar-refractivity contribution in [3.05, 3.63) is 36.5 Å². The monoisotopic (exact) mass is 742 g/mol.